The third-order valence-corrected chi connectivity index (χ3v) is 9.20. The molecule has 4 rings (SSSR count). The molecule has 1 aliphatic carbocycles. The van der Waals surface area contributed by atoms with Gasteiger partial charge < -0.3 is 0 Å². The number of para-hydroxylation sites is 1. The van der Waals surface area contributed by atoms with Gasteiger partial charge in [0.1, 0.15) is 5.56 Å². The second-order valence-corrected chi connectivity index (χ2v) is 11.2. The van der Waals surface area contributed by atoms with Crippen molar-refractivity contribution in [2.45, 2.75) is 29.0 Å². The van der Waals surface area contributed by atoms with Crippen molar-refractivity contribution >= 4 is 71.2 Å². The molecule has 0 radical (unpaired) electrons. The van der Waals surface area contributed by atoms with E-state index in [0.29, 0.717) is 18.4 Å². The minimum Gasteiger partial charge on any atom is -0.272 e. The first-order valence-electron chi connectivity index (χ1n) is 10.1. The molecule has 0 unspecified atom stereocenters. The highest BCUT2D eigenvalue weighted by Crippen LogP contribution is 2.44. The summed E-state index contributed by atoms with van der Waals surface area (Å²) in [7, 11) is 0. The molecule has 2 fully saturated rings. The number of hydrazine groups is 1. The van der Waals surface area contributed by atoms with Crippen molar-refractivity contribution in [2.24, 2.45) is 11.8 Å². The lowest BCUT2D eigenvalue weighted by atomic mass is 9.81. The molecule has 11 heteroatoms. The molecule has 1 heterocycles. The number of rotatable bonds is 5. The van der Waals surface area contributed by atoms with Crippen molar-refractivity contribution in [2.75, 3.05) is 0 Å². The highest BCUT2D eigenvalue weighted by atomic mass is 79.9. The third kappa shape index (κ3) is 4.63. The van der Waals surface area contributed by atoms with Gasteiger partial charge in [0.05, 0.1) is 23.3 Å². The topological polar surface area (TPSA) is 101 Å². The Kier molecular flexibility index (Phi) is 7.01. The minimum absolute atomic E-state index is 0.0151. The van der Waals surface area contributed by atoms with Crippen molar-refractivity contribution in [3.05, 3.63) is 74.2 Å². The number of alkyl halides is 2. The largest absolute Gasteiger partial charge is 0.282 e. The number of carbonyl (C=O) groups excluding carboxylic acids is 3. The molecule has 1 aliphatic heterocycles. The number of benzene rings is 2. The fraction of sp³-hybridized carbons (Fsp3) is 0.318. The molecule has 2 aliphatic rings. The van der Waals surface area contributed by atoms with Gasteiger partial charge in [0.25, 0.3) is 23.4 Å². The van der Waals surface area contributed by atoms with Crippen LogP contribution in [-0.2, 0) is 16.1 Å². The molecule has 0 N–H and O–H groups in total. The maximum Gasteiger partial charge on any atom is 0.282 e. The molecular formula is C22H18Br3N3O5. The Hall–Kier alpha value is -2.11. The van der Waals surface area contributed by atoms with Gasteiger partial charge in [-0.05, 0) is 36.6 Å². The lowest BCUT2D eigenvalue weighted by Crippen LogP contribution is -2.50. The van der Waals surface area contributed by atoms with Crippen molar-refractivity contribution in [1.82, 2.24) is 10.0 Å². The molecule has 2 aromatic rings. The van der Waals surface area contributed by atoms with Gasteiger partial charge >= 0.3 is 0 Å². The van der Waals surface area contributed by atoms with Crippen LogP contribution < -0.4 is 0 Å². The zero-order valence-electron chi connectivity index (χ0n) is 17.1. The summed E-state index contributed by atoms with van der Waals surface area (Å²) >= 11 is 10.5. The lowest BCUT2D eigenvalue weighted by Gasteiger charge is -2.30. The average Bonchev–Trinajstić information content (AvgIpc) is 3.02. The van der Waals surface area contributed by atoms with Crippen molar-refractivity contribution in [1.29, 1.82) is 0 Å². The summed E-state index contributed by atoms with van der Waals surface area (Å²) in [6.07, 6.45) is 0.904. The number of halogens is 3. The molecule has 33 heavy (non-hydrogen) atoms. The number of amides is 3. The van der Waals surface area contributed by atoms with Gasteiger partial charge in [-0.1, -0.05) is 72.1 Å². The monoisotopic (exact) mass is 641 g/mol. The molecule has 0 spiro atoms. The summed E-state index contributed by atoms with van der Waals surface area (Å²) < 4.78 is 0.828. The minimum atomic E-state index is -0.781. The van der Waals surface area contributed by atoms with E-state index in [0.717, 1.165) is 14.5 Å². The van der Waals surface area contributed by atoms with Crippen LogP contribution in [0, 0.1) is 22.0 Å². The van der Waals surface area contributed by atoms with Crippen LogP contribution in [0.25, 0.3) is 0 Å². The van der Waals surface area contributed by atoms with Gasteiger partial charge in [-0.3, -0.25) is 24.5 Å². The van der Waals surface area contributed by atoms with Crippen LogP contribution in [0.3, 0.4) is 0 Å². The Labute approximate surface area is 214 Å². The number of imide groups is 1. The number of nitro benzene ring substituents is 1. The Morgan fingerprint density at radius 3 is 2.09 bits per heavy atom. The summed E-state index contributed by atoms with van der Waals surface area (Å²) in [5, 5.41) is 13.5. The number of carbonyl (C=O) groups is 3. The van der Waals surface area contributed by atoms with E-state index in [9.17, 15) is 24.5 Å². The predicted molar refractivity (Wildman–Crippen MR) is 131 cm³/mol. The Morgan fingerprint density at radius 1 is 1.00 bits per heavy atom. The zero-order chi connectivity index (χ0) is 23.9. The number of fused-ring (bicyclic) bond motifs is 1. The van der Waals surface area contributed by atoms with E-state index < -0.39 is 34.5 Å². The van der Waals surface area contributed by atoms with E-state index >= 15 is 0 Å². The van der Waals surface area contributed by atoms with E-state index in [1.807, 2.05) is 0 Å². The SMILES string of the molecule is O=C(c1ccccc1[N+](=O)[O-])N(Cc1ccc(Br)cc1)N1C(=O)[C@H]2C[C@H](Br)[C@@H](Br)C[C@H]2C1=O. The number of nitrogens with zero attached hydrogens (tertiary/aromatic N) is 3. The second-order valence-electron chi connectivity index (χ2n) is 7.97. The quantitative estimate of drug-likeness (QED) is 0.201. The predicted octanol–water partition coefficient (Wildman–Crippen LogP) is 4.84. The molecule has 4 atom stereocenters. The van der Waals surface area contributed by atoms with Crippen LogP contribution in [0.1, 0.15) is 28.8 Å². The van der Waals surface area contributed by atoms with Crippen LogP contribution in [0.2, 0.25) is 0 Å². The van der Waals surface area contributed by atoms with E-state index in [1.165, 1.54) is 24.3 Å². The van der Waals surface area contributed by atoms with E-state index in [-0.39, 0.29) is 27.4 Å². The standard InChI is InChI=1S/C22H18Br3N3O5/c23-13-7-5-12(6-8-13)11-26(20(29)14-3-1-2-4-19(14)28(32)33)27-21(30)15-9-17(24)18(25)10-16(15)22(27)31/h1-8,15-18H,9-11H2/t15-,16+,17-,18-/m0/s1. The zero-order valence-corrected chi connectivity index (χ0v) is 21.8. The van der Waals surface area contributed by atoms with Crippen LogP contribution >= 0.6 is 47.8 Å². The summed E-state index contributed by atoms with van der Waals surface area (Å²) in [5.74, 6) is -2.81. The van der Waals surface area contributed by atoms with Gasteiger partial charge in [0.15, 0.2) is 0 Å². The van der Waals surface area contributed by atoms with Crippen molar-refractivity contribution in [3.8, 4) is 0 Å². The third-order valence-electron chi connectivity index (χ3n) is 5.94. The fourth-order valence-electron chi connectivity index (χ4n) is 4.26. The molecule has 1 saturated heterocycles. The van der Waals surface area contributed by atoms with Crippen LogP contribution in [0.15, 0.2) is 53.0 Å². The molecule has 0 aromatic heterocycles. The average molecular weight is 644 g/mol. The highest BCUT2D eigenvalue weighted by molar-refractivity contribution is 9.12. The van der Waals surface area contributed by atoms with Crippen LogP contribution in [-0.4, -0.2) is 42.3 Å². The Morgan fingerprint density at radius 2 is 1.55 bits per heavy atom. The molecular weight excluding hydrogens is 626 g/mol. The van der Waals surface area contributed by atoms with Crippen LogP contribution in [0.4, 0.5) is 5.69 Å². The first-order chi connectivity index (χ1) is 15.7. The first-order valence-corrected chi connectivity index (χ1v) is 12.8. The maximum atomic E-state index is 13.6. The van der Waals surface area contributed by atoms with E-state index in [4.69, 9.17) is 0 Å². The Bertz CT molecular complexity index is 1100. The first kappa shape index (κ1) is 24.0. The lowest BCUT2D eigenvalue weighted by molar-refractivity contribution is -0.385. The van der Waals surface area contributed by atoms with E-state index in [2.05, 4.69) is 47.8 Å². The highest BCUT2D eigenvalue weighted by Gasteiger charge is 2.54. The van der Waals surface area contributed by atoms with Crippen LogP contribution in [0.5, 0.6) is 0 Å². The van der Waals surface area contributed by atoms with Gasteiger partial charge in [-0.25, -0.2) is 5.01 Å². The molecule has 2 aromatic carbocycles. The summed E-state index contributed by atoms with van der Waals surface area (Å²) in [5.41, 5.74) is 0.0880. The van der Waals surface area contributed by atoms with Gasteiger partial charge in [0.2, 0.25) is 0 Å². The summed E-state index contributed by atoms with van der Waals surface area (Å²) in [4.78, 5) is 51.3. The number of nitro groups is 1. The summed E-state index contributed by atoms with van der Waals surface area (Å²) in [6, 6.07) is 12.6. The van der Waals surface area contributed by atoms with E-state index in [1.54, 1.807) is 24.3 Å². The van der Waals surface area contributed by atoms with Gasteiger partial charge in [-0.2, -0.15) is 5.01 Å². The van der Waals surface area contributed by atoms with Crippen molar-refractivity contribution in [3.63, 3.8) is 0 Å². The normalized spacial score (nSPS) is 24.5. The Balaban J connectivity index is 1.76. The van der Waals surface area contributed by atoms with Gasteiger partial charge in [0, 0.05) is 20.2 Å². The number of hydrogen-bond donors (Lipinski definition) is 0. The second kappa shape index (κ2) is 9.63. The van der Waals surface area contributed by atoms with Crippen molar-refractivity contribution < 1.29 is 19.3 Å². The molecule has 0 bridgehead atoms. The maximum absolute atomic E-state index is 13.6. The molecule has 8 nitrogen and oxygen atoms in total. The molecule has 172 valence electrons. The summed E-state index contributed by atoms with van der Waals surface area (Å²) in [6.45, 7) is -0.0927. The number of hydrogen-bond acceptors (Lipinski definition) is 5. The molecule has 1 saturated carbocycles. The van der Waals surface area contributed by atoms with Gasteiger partial charge in [-0.15, -0.1) is 0 Å². The smallest absolute Gasteiger partial charge is 0.272 e. The fourth-order valence-corrected chi connectivity index (χ4v) is 5.77. The molecule has 3 amide bonds.